The van der Waals surface area contributed by atoms with Crippen LogP contribution in [0.1, 0.15) is 79.1 Å². The van der Waals surface area contributed by atoms with Crippen LogP contribution in [0.5, 0.6) is 0 Å². The molecule has 4 saturated carbocycles. The zero-order valence-corrected chi connectivity index (χ0v) is 20.3. The van der Waals surface area contributed by atoms with Crippen molar-refractivity contribution in [3.05, 3.63) is 0 Å². The fourth-order valence-corrected chi connectivity index (χ4v) is 9.46. The molecule has 4 aliphatic carbocycles. The number of aliphatic hydroxyl groups is 2. The summed E-state index contributed by atoms with van der Waals surface area (Å²) in [5, 5.41) is 21.8. The smallest absolute Gasteiger partial charge is 0.217 e. The third-order valence-electron chi connectivity index (χ3n) is 10.7. The van der Waals surface area contributed by atoms with E-state index in [0.717, 1.165) is 44.9 Å². The molecule has 0 aliphatic heterocycles. The molecule has 4 aliphatic rings. The van der Waals surface area contributed by atoms with Crippen LogP contribution in [0.3, 0.4) is 0 Å². The van der Waals surface area contributed by atoms with E-state index in [1.165, 1.54) is 0 Å². The van der Waals surface area contributed by atoms with Crippen LogP contribution >= 0.6 is 0 Å². The van der Waals surface area contributed by atoms with Crippen LogP contribution < -0.4 is 0 Å². The highest BCUT2D eigenvalue weighted by molar-refractivity contribution is 7.80. The Balaban J connectivity index is 1.54. The summed E-state index contributed by atoms with van der Waals surface area (Å²) in [7, 11) is -4.63. The van der Waals surface area contributed by atoms with Crippen molar-refractivity contribution in [2.24, 2.45) is 52.3 Å². The number of rotatable bonds is 5. The first-order valence-corrected chi connectivity index (χ1v) is 13.7. The van der Waals surface area contributed by atoms with Gasteiger partial charge in [0.2, 0.25) is 10.4 Å². The first kappa shape index (κ1) is 23.9. The number of hydrogen-bond acceptors (Lipinski definition) is 6. The second-order valence-corrected chi connectivity index (χ2v) is 13.0. The monoisotopic (exact) mass is 457 g/mol. The number of hydrogen-bond donors (Lipinski definition) is 2. The van der Waals surface area contributed by atoms with Gasteiger partial charge in [0.1, 0.15) is 0 Å². The molecule has 0 spiro atoms. The second kappa shape index (κ2) is 8.23. The van der Waals surface area contributed by atoms with Gasteiger partial charge in [-0.15, -0.1) is 0 Å². The van der Waals surface area contributed by atoms with Gasteiger partial charge in [-0.2, -0.15) is 0 Å². The van der Waals surface area contributed by atoms with Crippen molar-refractivity contribution in [2.45, 2.75) is 91.3 Å². The van der Waals surface area contributed by atoms with E-state index >= 15 is 0 Å². The number of aliphatic hydroxyl groups excluding tert-OH is 2. The zero-order valence-electron chi connectivity index (χ0n) is 19.5. The van der Waals surface area contributed by atoms with Crippen molar-refractivity contribution in [3.8, 4) is 0 Å². The maximum absolute atomic E-state index is 11.5. The van der Waals surface area contributed by atoms with Gasteiger partial charge in [-0.05, 0) is 104 Å². The summed E-state index contributed by atoms with van der Waals surface area (Å²) >= 11 is 0. The van der Waals surface area contributed by atoms with Crippen molar-refractivity contribution < 1.29 is 27.4 Å². The normalized spacial score (nSPS) is 50.9. The van der Waals surface area contributed by atoms with E-state index in [1.54, 1.807) is 0 Å². The molecular weight excluding hydrogens is 416 g/mol. The molecule has 31 heavy (non-hydrogen) atoms. The molecular formula is C24H41O6S-. The topological polar surface area (TPSA) is 107 Å². The van der Waals surface area contributed by atoms with Gasteiger partial charge >= 0.3 is 0 Å². The summed E-state index contributed by atoms with van der Waals surface area (Å²) in [4.78, 5) is 0. The van der Waals surface area contributed by atoms with E-state index in [4.69, 9.17) is 0 Å². The molecule has 0 bridgehead atoms. The molecule has 4 fully saturated rings. The van der Waals surface area contributed by atoms with Gasteiger partial charge in [0.05, 0.1) is 18.8 Å². The zero-order chi connectivity index (χ0) is 22.8. The van der Waals surface area contributed by atoms with E-state index in [-0.39, 0.29) is 41.5 Å². The molecule has 0 aromatic carbocycles. The molecule has 3 unspecified atom stereocenters. The van der Waals surface area contributed by atoms with Gasteiger partial charge in [0, 0.05) is 0 Å². The van der Waals surface area contributed by atoms with Crippen molar-refractivity contribution in [1.82, 2.24) is 0 Å². The largest absolute Gasteiger partial charge is 0.726 e. The Labute approximate surface area is 188 Å². The molecule has 7 heteroatoms. The van der Waals surface area contributed by atoms with Crippen molar-refractivity contribution >= 4 is 10.4 Å². The summed E-state index contributed by atoms with van der Waals surface area (Å²) in [5.41, 5.74) is 0.332. The van der Waals surface area contributed by atoms with E-state index in [9.17, 15) is 23.2 Å². The van der Waals surface area contributed by atoms with Crippen LogP contribution in [-0.4, -0.2) is 42.0 Å². The van der Waals surface area contributed by atoms with Gasteiger partial charge < -0.3 is 14.8 Å². The number of fused-ring (bicyclic) bond motifs is 5. The van der Waals surface area contributed by atoms with Crippen molar-refractivity contribution in [1.29, 1.82) is 0 Å². The minimum absolute atomic E-state index is 0.0436. The van der Waals surface area contributed by atoms with E-state index in [1.807, 2.05) is 0 Å². The quantitative estimate of drug-likeness (QED) is 0.481. The predicted octanol–water partition coefficient (Wildman–Crippen LogP) is 3.73. The molecule has 0 heterocycles. The summed E-state index contributed by atoms with van der Waals surface area (Å²) in [6.45, 7) is 9.14. The third-order valence-corrected chi connectivity index (χ3v) is 11.2. The molecule has 180 valence electrons. The Kier molecular flexibility index (Phi) is 6.35. The lowest BCUT2D eigenvalue weighted by Crippen LogP contribution is -2.61. The van der Waals surface area contributed by atoms with Crippen LogP contribution in [-0.2, 0) is 14.6 Å². The Hall–Kier alpha value is -0.210. The van der Waals surface area contributed by atoms with Crippen molar-refractivity contribution in [2.75, 3.05) is 6.61 Å². The lowest BCUT2D eigenvalue weighted by molar-refractivity contribution is -0.199. The minimum Gasteiger partial charge on any atom is -0.726 e. The molecule has 2 N–H and O–H groups in total. The van der Waals surface area contributed by atoms with E-state index in [0.29, 0.717) is 36.0 Å². The predicted molar refractivity (Wildman–Crippen MR) is 117 cm³/mol. The maximum Gasteiger partial charge on any atom is 0.217 e. The first-order chi connectivity index (χ1) is 14.4. The summed E-state index contributed by atoms with van der Waals surface area (Å²) in [5.74, 6) is 2.62. The summed E-state index contributed by atoms with van der Waals surface area (Å²) in [6.07, 6.45) is 7.25. The fourth-order valence-electron chi connectivity index (χ4n) is 9.16. The molecule has 0 amide bonds. The average Bonchev–Trinajstić information content (AvgIpc) is 3.03. The molecule has 0 radical (unpaired) electrons. The van der Waals surface area contributed by atoms with Gasteiger partial charge in [-0.1, -0.05) is 27.7 Å². The Morgan fingerprint density at radius 2 is 1.68 bits per heavy atom. The summed E-state index contributed by atoms with van der Waals surface area (Å²) < 4.78 is 36.9. The molecule has 0 aromatic rings. The molecule has 11 atom stereocenters. The van der Waals surface area contributed by atoms with Gasteiger partial charge in [0.15, 0.2) is 0 Å². The second-order valence-electron chi connectivity index (χ2n) is 11.9. The van der Waals surface area contributed by atoms with Crippen LogP contribution in [0.15, 0.2) is 0 Å². The van der Waals surface area contributed by atoms with Crippen LogP contribution in [0, 0.1) is 52.3 Å². The lowest BCUT2D eigenvalue weighted by Gasteiger charge is -2.64. The molecule has 0 saturated heterocycles. The highest BCUT2D eigenvalue weighted by atomic mass is 32.3. The molecule has 6 nitrogen and oxygen atoms in total. The highest BCUT2D eigenvalue weighted by Gasteiger charge is 2.64. The molecule has 0 aromatic heterocycles. The van der Waals surface area contributed by atoms with Gasteiger partial charge in [-0.3, -0.25) is 4.18 Å². The summed E-state index contributed by atoms with van der Waals surface area (Å²) in [6, 6.07) is 0. The van der Waals surface area contributed by atoms with Crippen LogP contribution in [0.25, 0.3) is 0 Å². The molecule has 4 rings (SSSR count). The highest BCUT2D eigenvalue weighted by Crippen LogP contribution is 2.69. The third kappa shape index (κ3) is 4.01. The van der Waals surface area contributed by atoms with Gasteiger partial charge in [0.25, 0.3) is 0 Å². The van der Waals surface area contributed by atoms with Gasteiger partial charge in [-0.25, -0.2) is 8.42 Å². The first-order valence-electron chi connectivity index (χ1n) is 12.3. The van der Waals surface area contributed by atoms with E-state index in [2.05, 4.69) is 31.9 Å². The van der Waals surface area contributed by atoms with Crippen LogP contribution in [0.4, 0.5) is 0 Å². The minimum atomic E-state index is -4.63. The Morgan fingerprint density at radius 3 is 2.35 bits per heavy atom. The van der Waals surface area contributed by atoms with E-state index < -0.39 is 10.4 Å². The van der Waals surface area contributed by atoms with Crippen molar-refractivity contribution in [3.63, 3.8) is 0 Å². The Bertz CT molecular complexity index is 770. The fraction of sp³-hybridized carbons (Fsp3) is 1.00. The lowest BCUT2D eigenvalue weighted by atomic mass is 9.42. The Morgan fingerprint density at radius 1 is 1.03 bits per heavy atom. The standard InChI is InChI=1S/C24H42O6S/c1-14(9-12-30-31(27,28)29)17-5-6-18-21-19(8-11-23(17,18)3)24(4)10-7-16(25)13-20(24)15(2)22(21)26/h14-22,25-26H,5-13H2,1-4H3,(H,27,28,29)/p-1/t14-,15-,16-,17-,18?,19?,20+,21?,22-,23-,24-/m1/s1. The SMILES string of the molecule is C[C@H]1[C@@H](O)C2C3CC[C@H]([C@H](C)CCOS(=O)(=O)[O-])[C@@]3(C)CCC2[C@@]2(C)CC[C@@H](O)C[C@@H]12. The average molecular weight is 458 g/mol. The van der Waals surface area contributed by atoms with Crippen LogP contribution in [0.2, 0.25) is 0 Å². The maximum atomic E-state index is 11.5.